The van der Waals surface area contributed by atoms with Crippen molar-refractivity contribution in [3.8, 4) is 0 Å². The molecule has 120 valence electrons. The van der Waals surface area contributed by atoms with E-state index in [0.717, 1.165) is 35.3 Å². The summed E-state index contributed by atoms with van der Waals surface area (Å²) in [7, 11) is -4.24. The number of halogens is 2. The fourth-order valence-electron chi connectivity index (χ4n) is 2.62. The van der Waals surface area contributed by atoms with Gasteiger partial charge in [-0.15, -0.1) is 0 Å². The summed E-state index contributed by atoms with van der Waals surface area (Å²) in [5.74, 6) is -2.99. The molecule has 1 heterocycles. The van der Waals surface area contributed by atoms with Crippen molar-refractivity contribution in [1.82, 2.24) is 9.62 Å². The first-order valence-electron chi connectivity index (χ1n) is 7.17. The zero-order chi connectivity index (χ0) is 15.9. The molecule has 1 aliphatic carbocycles. The molecule has 8 heteroatoms. The molecule has 2 aliphatic rings. The Labute approximate surface area is 127 Å². The lowest BCUT2D eigenvalue weighted by Crippen LogP contribution is -2.46. The van der Waals surface area contributed by atoms with Gasteiger partial charge in [-0.2, -0.15) is 4.31 Å². The SMILES string of the molecule is O=C(NC1CC1)C1CCCN1S(=O)(=O)c1cccc(F)c1F. The largest absolute Gasteiger partial charge is 0.352 e. The van der Waals surface area contributed by atoms with Crippen molar-refractivity contribution in [3.63, 3.8) is 0 Å². The third-order valence-electron chi connectivity index (χ3n) is 3.93. The number of carbonyl (C=O) groups is 1. The highest BCUT2D eigenvalue weighted by Crippen LogP contribution is 2.29. The van der Waals surface area contributed by atoms with Gasteiger partial charge >= 0.3 is 0 Å². The Hall–Kier alpha value is -1.54. The summed E-state index contributed by atoms with van der Waals surface area (Å²) in [4.78, 5) is 11.4. The molecule has 1 N–H and O–H groups in total. The fraction of sp³-hybridized carbons (Fsp3) is 0.500. The van der Waals surface area contributed by atoms with Crippen LogP contribution in [0.3, 0.4) is 0 Å². The van der Waals surface area contributed by atoms with Crippen LogP contribution < -0.4 is 5.32 Å². The second-order valence-electron chi connectivity index (χ2n) is 5.61. The Morgan fingerprint density at radius 2 is 1.95 bits per heavy atom. The van der Waals surface area contributed by atoms with Crippen molar-refractivity contribution < 1.29 is 22.0 Å². The van der Waals surface area contributed by atoms with Gasteiger partial charge in [0, 0.05) is 12.6 Å². The third-order valence-corrected chi connectivity index (χ3v) is 5.86. The Morgan fingerprint density at radius 3 is 2.64 bits per heavy atom. The maximum Gasteiger partial charge on any atom is 0.246 e. The molecular formula is C14H16F2N2O3S. The highest BCUT2D eigenvalue weighted by Gasteiger charge is 2.42. The van der Waals surface area contributed by atoms with Crippen LogP contribution in [-0.2, 0) is 14.8 Å². The summed E-state index contributed by atoms with van der Waals surface area (Å²) in [5, 5.41) is 2.76. The molecule has 1 atom stereocenters. The lowest BCUT2D eigenvalue weighted by molar-refractivity contribution is -0.124. The Morgan fingerprint density at radius 1 is 1.23 bits per heavy atom. The number of amides is 1. The molecule has 0 bridgehead atoms. The number of sulfonamides is 1. The molecule has 1 unspecified atom stereocenters. The summed E-state index contributed by atoms with van der Waals surface area (Å²) >= 11 is 0. The van der Waals surface area contributed by atoms with E-state index in [0.29, 0.717) is 12.8 Å². The molecule has 3 rings (SSSR count). The van der Waals surface area contributed by atoms with Gasteiger partial charge in [-0.25, -0.2) is 17.2 Å². The number of nitrogens with zero attached hydrogens (tertiary/aromatic N) is 1. The van der Waals surface area contributed by atoms with Gasteiger partial charge in [0.05, 0.1) is 0 Å². The number of benzene rings is 1. The summed E-state index contributed by atoms with van der Waals surface area (Å²) < 4.78 is 53.2. The molecule has 1 aromatic carbocycles. The van der Waals surface area contributed by atoms with Gasteiger partial charge in [0.1, 0.15) is 10.9 Å². The van der Waals surface area contributed by atoms with E-state index < -0.39 is 32.6 Å². The van der Waals surface area contributed by atoms with Crippen LogP contribution in [0.2, 0.25) is 0 Å². The van der Waals surface area contributed by atoms with Crippen LogP contribution in [0, 0.1) is 11.6 Å². The van der Waals surface area contributed by atoms with Crippen LogP contribution in [0.25, 0.3) is 0 Å². The average molecular weight is 330 g/mol. The van der Waals surface area contributed by atoms with E-state index >= 15 is 0 Å². The van der Waals surface area contributed by atoms with E-state index in [1.807, 2.05) is 0 Å². The monoisotopic (exact) mass is 330 g/mol. The van der Waals surface area contributed by atoms with Gasteiger partial charge < -0.3 is 5.32 Å². The highest BCUT2D eigenvalue weighted by molar-refractivity contribution is 7.89. The molecular weight excluding hydrogens is 314 g/mol. The number of hydrogen-bond donors (Lipinski definition) is 1. The lowest BCUT2D eigenvalue weighted by atomic mass is 10.2. The van der Waals surface area contributed by atoms with Crippen molar-refractivity contribution >= 4 is 15.9 Å². The van der Waals surface area contributed by atoms with Crippen LogP contribution in [-0.4, -0.2) is 37.3 Å². The second kappa shape index (κ2) is 5.58. The summed E-state index contributed by atoms with van der Waals surface area (Å²) in [6, 6.07) is 2.27. The van der Waals surface area contributed by atoms with Crippen LogP contribution in [0.15, 0.2) is 23.1 Å². The summed E-state index contributed by atoms with van der Waals surface area (Å²) in [6.45, 7) is 0.126. The van der Waals surface area contributed by atoms with E-state index in [4.69, 9.17) is 0 Å². The minimum Gasteiger partial charge on any atom is -0.352 e. The normalized spacial score (nSPS) is 22.7. The molecule has 1 saturated heterocycles. The van der Waals surface area contributed by atoms with E-state index in [-0.39, 0.29) is 18.5 Å². The number of nitrogens with one attached hydrogen (secondary N) is 1. The Bertz CT molecular complexity index is 704. The van der Waals surface area contributed by atoms with Crippen LogP contribution >= 0.6 is 0 Å². The van der Waals surface area contributed by atoms with Crippen LogP contribution in [0.5, 0.6) is 0 Å². The van der Waals surface area contributed by atoms with Crippen LogP contribution in [0.4, 0.5) is 8.78 Å². The van der Waals surface area contributed by atoms with Gasteiger partial charge in [0.25, 0.3) is 0 Å². The lowest BCUT2D eigenvalue weighted by Gasteiger charge is -2.23. The number of rotatable bonds is 4. The number of carbonyl (C=O) groups excluding carboxylic acids is 1. The first-order valence-corrected chi connectivity index (χ1v) is 8.61. The van der Waals surface area contributed by atoms with Crippen molar-refractivity contribution in [2.24, 2.45) is 0 Å². The van der Waals surface area contributed by atoms with Crippen molar-refractivity contribution in [2.75, 3.05) is 6.54 Å². The van der Waals surface area contributed by atoms with Crippen molar-refractivity contribution in [3.05, 3.63) is 29.8 Å². The molecule has 5 nitrogen and oxygen atoms in total. The molecule has 1 saturated carbocycles. The maximum atomic E-state index is 13.8. The average Bonchev–Trinajstić information content (AvgIpc) is 3.13. The minimum absolute atomic E-state index is 0.114. The topological polar surface area (TPSA) is 66.5 Å². The van der Waals surface area contributed by atoms with Gasteiger partial charge in [0.15, 0.2) is 11.6 Å². The summed E-state index contributed by atoms with van der Waals surface area (Å²) in [5.41, 5.74) is 0. The molecule has 1 amide bonds. The van der Waals surface area contributed by atoms with Gasteiger partial charge in [0.2, 0.25) is 15.9 Å². The van der Waals surface area contributed by atoms with Gasteiger partial charge in [-0.3, -0.25) is 4.79 Å². The van der Waals surface area contributed by atoms with Gasteiger partial charge in [-0.05, 0) is 37.8 Å². The standard InChI is InChI=1S/C14H16F2N2O3S/c15-10-3-1-5-12(13(10)16)22(20,21)18-8-2-4-11(18)14(19)17-9-6-7-9/h1,3,5,9,11H,2,4,6-8H2,(H,17,19). The zero-order valence-electron chi connectivity index (χ0n) is 11.8. The quantitative estimate of drug-likeness (QED) is 0.907. The molecule has 2 fully saturated rings. The Balaban J connectivity index is 1.89. The fourth-order valence-corrected chi connectivity index (χ4v) is 4.36. The minimum atomic E-state index is -4.24. The highest BCUT2D eigenvalue weighted by atomic mass is 32.2. The first kappa shape index (κ1) is 15.4. The predicted octanol–water partition coefficient (Wildman–Crippen LogP) is 1.40. The smallest absolute Gasteiger partial charge is 0.246 e. The Kier molecular flexibility index (Phi) is 3.90. The second-order valence-corrected chi connectivity index (χ2v) is 7.47. The molecule has 0 aromatic heterocycles. The van der Waals surface area contributed by atoms with Crippen molar-refractivity contribution in [1.29, 1.82) is 0 Å². The van der Waals surface area contributed by atoms with E-state index in [1.165, 1.54) is 0 Å². The molecule has 0 radical (unpaired) electrons. The molecule has 1 aliphatic heterocycles. The summed E-state index contributed by atoms with van der Waals surface area (Å²) in [6.07, 6.45) is 2.68. The van der Waals surface area contributed by atoms with E-state index in [2.05, 4.69) is 5.32 Å². The predicted molar refractivity (Wildman–Crippen MR) is 74.4 cm³/mol. The molecule has 1 aromatic rings. The first-order chi connectivity index (χ1) is 10.4. The molecule has 0 spiro atoms. The van der Waals surface area contributed by atoms with Crippen LogP contribution in [0.1, 0.15) is 25.7 Å². The maximum absolute atomic E-state index is 13.8. The number of hydrogen-bond acceptors (Lipinski definition) is 3. The van der Waals surface area contributed by atoms with E-state index in [1.54, 1.807) is 0 Å². The third kappa shape index (κ3) is 2.72. The van der Waals surface area contributed by atoms with Gasteiger partial charge in [-0.1, -0.05) is 6.07 Å². The zero-order valence-corrected chi connectivity index (χ0v) is 12.6. The van der Waals surface area contributed by atoms with E-state index in [9.17, 15) is 22.0 Å². The molecule has 22 heavy (non-hydrogen) atoms. The van der Waals surface area contributed by atoms with Crippen molar-refractivity contribution in [2.45, 2.75) is 42.7 Å².